The van der Waals surface area contributed by atoms with Crippen molar-refractivity contribution in [1.29, 1.82) is 0 Å². The molecule has 204 valence electrons. The summed E-state index contributed by atoms with van der Waals surface area (Å²) in [5.74, 6) is 1.79. The molecule has 2 aromatic carbocycles. The number of hydrogen-bond donors (Lipinski definition) is 0. The van der Waals surface area contributed by atoms with Gasteiger partial charge in [0.25, 0.3) is 0 Å². The molecular formula is C29H32FN5O2S2. The molecule has 4 aromatic rings. The first-order chi connectivity index (χ1) is 18.7. The van der Waals surface area contributed by atoms with E-state index in [9.17, 15) is 12.8 Å². The molecule has 0 spiro atoms. The van der Waals surface area contributed by atoms with Crippen molar-refractivity contribution < 1.29 is 12.8 Å². The van der Waals surface area contributed by atoms with Crippen molar-refractivity contribution in [2.24, 2.45) is 5.92 Å². The van der Waals surface area contributed by atoms with Crippen molar-refractivity contribution >= 4 is 43.1 Å². The van der Waals surface area contributed by atoms with Crippen LogP contribution in [0.1, 0.15) is 23.8 Å². The molecular weight excluding hydrogens is 533 g/mol. The molecule has 0 amide bonds. The van der Waals surface area contributed by atoms with Gasteiger partial charge in [0, 0.05) is 56.4 Å². The van der Waals surface area contributed by atoms with Crippen LogP contribution in [0.4, 0.5) is 15.9 Å². The van der Waals surface area contributed by atoms with E-state index in [2.05, 4.69) is 41.0 Å². The molecule has 1 aliphatic heterocycles. The average Bonchev–Trinajstić information content (AvgIpc) is 3.30. The number of hydrogen-bond acceptors (Lipinski definition) is 7. The Bertz CT molecular complexity index is 1610. The highest BCUT2D eigenvalue weighted by Crippen LogP contribution is 2.42. The van der Waals surface area contributed by atoms with Crippen LogP contribution in [0.15, 0.2) is 53.4 Å². The van der Waals surface area contributed by atoms with Gasteiger partial charge in [0.1, 0.15) is 16.5 Å². The van der Waals surface area contributed by atoms with Gasteiger partial charge < -0.3 is 9.80 Å². The lowest BCUT2D eigenvalue weighted by molar-refractivity contribution is 0.384. The van der Waals surface area contributed by atoms with Gasteiger partial charge in [0.2, 0.25) is 10.0 Å². The van der Waals surface area contributed by atoms with Gasteiger partial charge in [-0.25, -0.2) is 22.8 Å². The van der Waals surface area contributed by atoms with E-state index in [1.807, 2.05) is 14.1 Å². The Kier molecular flexibility index (Phi) is 6.81. The molecule has 0 N–H and O–H groups in total. The van der Waals surface area contributed by atoms with Gasteiger partial charge in [-0.3, -0.25) is 0 Å². The standard InChI is InChI=1S/C29H32FN5O2S2/c1-19-4-13-24-25(18-19)38-29-26(24)28(31-27(32-29)20-5-9-22(10-6-20)33(2)3)34-14-16-35(17-15-34)39(36,37)23-11-7-21(30)8-12-23/h5-12,19H,4,13-18H2,1-3H3. The molecule has 3 heterocycles. The van der Waals surface area contributed by atoms with E-state index in [1.165, 1.54) is 39.0 Å². The van der Waals surface area contributed by atoms with E-state index in [0.29, 0.717) is 37.9 Å². The first-order valence-electron chi connectivity index (χ1n) is 13.3. The number of anilines is 2. The first-order valence-corrected chi connectivity index (χ1v) is 15.6. The van der Waals surface area contributed by atoms with E-state index in [4.69, 9.17) is 9.97 Å². The van der Waals surface area contributed by atoms with Gasteiger partial charge in [-0.1, -0.05) is 6.92 Å². The number of aromatic nitrogens is 2. The number of rotatable bonds is 5. The van der Waals surface area contributed by atoms with Crippen LogP contribution in [0.3, 0.4) is 0 Å². The number of fused-ring (bicyclic) bond motifs is 3. The second-order valence-electron chi connectivity index (χ2n) is 10.7. The Morgan fingerprint density at radius 3 is 2.33 bits per heavy atom. The number of benzene rings is 2. The number of piperazine rings is 1. The molecule has 6 rings (SSSR count). The van der Waals surface area contributed by atoms with Gasteiger partial charge in [-0.15, -0.1) is 11.3 Å². The van der Waals surface area contributed by atoms with Crippen molar-refractivity contribution in [1.82, 2.24) is 14.3 Å². The number of thiophene rings is 1. The maximum absolute atomic E-state index is 13.4. The summed E-state index contributed by atoms with van der Waals surface area (Å²) in [5.41, 5.74) is 3.43. The Labute approximate surface area is 233 Å². The van der Waals surface area contributed by atoms with E-state index < -0.39 is 15.8 Å². The molecule has 10 heteroatoms. The first kappa shape index (κ1) is 26.2. The Hall–Kier alpha value is -3.08. The summed E-state index contributed by atoms with van der Waals surface area (Å²) >= 11 is 1.78. The lowest BCUT2D eigenvalue weighted by atomic mass is 9.89. The summed E-state index contributed by atoms with van der Waals surface area (Å²) in [6.07, 6.45) is 3.23. The lowest BCUT2D eigenvalue weighted by Crippen LogP contribution is -2.49. The highest BCUT2D eigenvalue weighted by Gasteiger charge is 2.32. The van der Waals surface area contributed by atoms with E-state index in [1.54, 1.807) is 11.3 Å². The molecule has 1 unspecified atom stereocenters. The number of halogens is 1. The summed E-state index contributed by atoms with van der Waals surface area (Å²) < 4.78 is 41.3. The van der Waals surface area contributed by atoms with Crippen molar-refractivity contribution in [3.63, 3.8) is 0 Å². The summed E-state index contributed by atoms with van der Waals surface area (Å²) in [4.78, 5) is 17.0. The van der Waals surface area contributed by atoms with Crippen LogP contribution in [0.25, 0.3) is 21.6 Å². The number of nitrogens with zero attached hydrogens (tertiary/aromatic N) is 5. The molecule has 1 saturated heterocycles. The van der Waals surface area contributed by atoms with Crippen molar-refractivity contribution in [2.75, 3.05) is 50.1 Å². The third-order valence-corrected chi connectivity index (χ3v) is 10.8. The number of sulfonamides is 1. The van der Waals surface area contributed by atoms with Crippen molar-refractivity contribution in [3.05, 3.63) is 64.8 Å². The van der Waals surface area contributed by atoms with Crippen LogP contribution in [-0.2, 0) is 22.9 Å². The third kappa shape index (κ3) is 4.90. The summed E-state index contributed by atoms with van der Waals surface area (Å²) in [7, 11) is 0.340. The van der Waals surface area contributed by atoms with Crippen molar-refractivity contribution in [2.45, 2.75) is 31.1 Å². The summed E-state index contributed by atoms with van der Waals surface area (Å²) in [6, 6.07) is 13.3. The van der Waals surface area contributed by atoms with Gasteiger partial charge >= 0.3 is 0 Å². The van der Waals surface area contributed by atoms with E-state index in [-0.39, 0.29) is 4.90 Å². The molecule has 7 nitrogen and oxygen atoms in total. The maximum Gasteiger partial charge on any atom is 0.243 e. The second kappa shape index (κ2) is 10.1. The molecule has 1 fully saturated rings. The Balaban J connectivity index is 1.36. The maximum atomic E-state index is 13.4. The third-order valence-electron chi connectivity index (χ3n) is 7.77. The predicted octanol–water partition coefficient (Wildman–Crippen LogP) is 5.20. The Morgan fingerprint density at radius 2 is 1.67 bits per heavy atom. The minimum atomic E-state index is -3.69. The minimum Gasteiger partial charge on any atom is -0.378 e. The molecule has 2 aromatic heterocycles. The van der Waals surface area contributed by atoms with Gasteiger partial charge in [-0.05, 0) is 79.3 Å². The van der Waals surface area contributed by atoms with Crippen LogP contribution in [0.2, 0.25) is 0 Å². The van der Waals surface area contributed by atoms with Crippen LogP contribution in [0, 0.1) is 11.7 Å². The fourth-order valence-electron chi connectivity index (χ4n) is 5.49. The van der Waals surface area contributed by atoms with Crippen LogP contribution in [0.5, 0.6) is 0 Å². The largest absolute Gasteiger partial charge is 0.378 e. The second-order valence-corrected chi connectivity index (χ2v) is 13.7. The van der Waals surface area contributed by atoms with Gasteiger partial charge in [-0.2, -0.15) is 4.31 Å². The predicted molar refractivity (Wildman–Crippen MR) is 156 cm³/mol. The molecule has 39 heavy (non-hydrogen) atoms. The zero-order valence-corrected chi connectivity index (χ0v) is 24.0. The minimum absolute atomic E-state index is 0.117. The zero-order chi connectivity index (χ0) is 27.3. The van der Waals surface area contributed by atoms with E-state index >= 15 is 0 Å². The highest BCUT2D eigenvalue weighted by atomic mass is 32.2. The summed E-state index contributed by atoms with van der Waals surface area (Å²) in [5, 5.41) is 1.13. The molecule has 0 saturated carbocycles. The SMILES string of the molecule is CC1CCc2c(sc3nc(-c4ccc(N(C)C)cc4)nc(N4CCN(S(=O)(=O)c5ccc(F)cc5)CC4)c23)C1. The molecule has 1 aliphatic carbocycles. The fraction of sp³-hybridized carbons (Fsp3) is 0.379. The monoisotopic (exact) mass is 565 g/mol. The quantitative estimate of drug-likeness (QED) is 0.331. The topological polar surface area (TPSA) is 69.6 Å². The number of aryl methyl sites for hydroxylation is 1. The van der Waals surface area contributed by atoms with Gasteiger partial charge in [0.15, 0.2) is 5.82 Å². The normalized spacial score (nSPS) is 18.4. The average molecular weight is 566 g/mol. The van der Waals surface area contributed by atoms with Gasteiger partial charge in [0.05, 0.1) is 10.3 Å². The zero-order valence-electron chi connectivity index (χ0n) is 22.4. The lowest BCUT2D eigenvalue weighted by Gasteiger charge is -2.35. The summed E-state index contributed by atoms with van der Waals surface area (Å²) in [6.45, 7) is 4.01. The highest BCUT2D eigenvalue weighted by molar-refractivity contribution is 7.89. The molecule has 0 bridgehead atoms. The van der Waals surface area contributed by atoms with Crippen LogP contribution >= 0.6 is 11.3 Å². The Morgan fingerprint density at radius 1 is 0.974 bits per heavy atom. The fourth-order valence-corrected chi connectivity index (χ4v) is 8.28. The molecule has 1 atom stereocenters. The van der Waals surface area contributed by atoms with E-state index in [0.717, 1.165) is 46.5 Å². The molecule has 0 radical (unpaired) electrons. The smallest absolute Gasteiger partial charge is 0.243 e. The van der Waals surface area contributed by atoms with Crippen LogP contribution in [-0.4, -0.2) is 63.0 Å². The molecule has 2 aliphatic rings. The van der Waals surface area contributed by atoms with Crippen molar-refractivity contribution in [3.8, 4) is 11.4 Å². The van der Waals surface area contributed by atoms with Crippen LogP contribution < -0.4 is 9.80 Å².